The number of fused-ring (bicyclic) bond motifs is 1. The summed E-state index contributed by atoms with van der Waals surface area (Å²) in [4.78, 5) is 37.5. The molecule has 2 heterocycles. The largest absolute Gasteiger partial charge is 0.480 e. The highest BCUT2D eigenvalue weighted by Gasteiger charge is 2.66. The summed E-state index contributed by atoms with van der Waals surface area (Å²) in [6, 6.07) is 16.2. The summed E-state index contributed by atoms with van der Waals surface area (Å²) in [7, 11) is 0. The molecule has 4 atom stereocenters. The number of aliphatic carboxylic acids is 1. The van der Waals surface area contributed by atoms with Crippen LogP contribution >= 0.6 is 0 Å². The van der Waals surface area contributed by atoms with Gasteiger partial charge in [-0.05, 0) is 23.6 Å². The highest BCUT2D eigenvalue weighted by Crippen LogP contribution is 2.47. The molecule has 150 valence electrons. The lowest BCUT2D eigenvalue weighted by molar-refractivity contribution is -0.152. The van der Waals surface area contributed by atoms with Gasteiger partial charge in [0.05, 0.1) is 25.0 Å². The van der Waals surface area contributed by atoms with Crippen LogP contribution in [0.3, 0.4) is 0 Å². The van der Waals surface area contributed by atoms with Gasteiger partial charge in [0.25, 0.3) is 0 Å². The van der Waals surface area contributed by atoms with Crippen LogP contribution in [0.2, 0.25) is 0 Å². The molecule has 2 aliphatic heterocycles. The molecule has 7 nitrogen and oxygen atoms in total. The maximum atomic E-state index is 12.6. The summed E-state index contributed by atoms with van der Waals surface area (Å²) >= 11 is 0. The third-order valence-electron chi connectivity index (χ3n) is 5.84. The Morgan fingerprint density at radius 2 is 1.76 bits per heavy atom. The van der Waals surface area contributed by atoms with Gasteiger partial charge < -0.3 is 9.84 Å². The van der Waals surface area contributed by atoms with Crippen molar-refractivity contribution >= 4 is 17.8 Å². The van der Waals surface area contributed by atoms with Crippen LogP contribution in [-0.4, -0.2) is 35.0 Å². The fraction of sp³-hybridized carbons (Fsp3) is 0.318. The van der Waals surface area contributed by atoms with Crippen molar-refractivity contribution in [1.82, 2.24) is 10.6 Å². The van der Waals surface area contributed by atoms with E-state index in [1.165, 1.54) is 0 Å². The van der Waals surface area contributed by atoms with E-state index in [1.807, 2.05) is 61.5 Å². The zero-order valence-corrected chi connectivity index (χ0v) is 15.9. The molecule has 0 spiro atoms. The van der Waals surface area contributed by atoms with E-state index in [9.17, 15) is 19.5 Å². The van der Waals surface area contributed by atoms with E-state index in [4.69, 9.17) is 4.74 Å². The highest BCUT2D eigenvalue weighted by atomic mass is 16.5. The molecule has 0 aromatic heterocycles. The van der Waals surface area contributed by atoms with Crippen LogP contribution in [0.15, 0.2) is 54.6 Å². The van der Waals surface area contributed by atoms with E-state index in [1.54, 1.807) is 0 Å². The average Bonchev–Trinajstić information content (AvgIpc) is 3.20. The molecule has 2 saturated heterocycles. The molecule has 2 fully saturated rings. The number of carboxylic acids is 1. The smallest absolute Gasteiger partial charge is 0.327 e. The lowest BCUT2D eigenvalue weighted by atomic mass is 9.79. The van der Waals surface area contributed by atoms with Crippen LogP contribution in [0.5, 0.6) is 0 Å². The maximum absolute atomic E-state index is 12.6. The van der Waals surface area contributed by atoms with Crippen molar-refractivity contribution < 1.29 is 24.2 Å². The standard InChI is InChI=1S/C22H22N2O5/c1-13-7-5-6-10-15(13)18-16-17(20(26)23-19(16)25)22(24-18,21(27)28)12-29-11-14-8-3-2-4-9-14/h2-10,16-18,24H,11-12H2,1H3,(H,27,28)(H,23,25,26). The summed E-state index contributed by atoms with van der Waals surface area (Å²) in [6.45, 7) is 1.87. The summed E-state index contributed by atoms with van der Waals surface area (Å²) in [5, 5.41) is 15.5. The molecular formula is C22H22N2O5. The number of carbonyl (C=O) groups is 3. The molecule has 7 heteroatoms. The van der Waals surface area contributed by atoms with E-state index in [-0.39, 0.29) is 13.2 Å². The first-order valence-corrected chi connectivity index (χ1v) is 9.47. The van der Waals surface area contributed by atoms with Crippen molar-refractivity contribution in [3.05, 3.63) is 71.3 Å². The molecule has 2 amide bonds. The molecule has 0 radical (unpaired) electrons. The highest BCUT2D eigenvalue weighted by molar-refractivity contribution is 6.09. The second-order valence-electron chi connectivity index (χ2n) is 7.59. The lowest BCUT2D eigenvalue weighted by Crippen LogP contribution is -2.58. The number of hydrogen-bond donors (Lipinski definition) is 3. The quantitative estimate of drug-likeness (QED) is 0.643. The van der Waals surface area contributed by atoms with E-state index >= 15 is 0 Å². The van der Waals surface area contributed by atoms with Gasteiger partial charge in [0.2, 0.25) is 11.8 Å². The molecule has 4 unspecified atom stereocenters. The second kappa shape index (κ2) is 7.42. The SMILES string of the molecule is Cc1ccccc1C1NC(COCc2ccccc2)(C(=O)O)C2C(=O)NC(=O)C12. The van der Waals surface area contributed by atoms with Gasteiger partial charge in [-0.25, -0.2) is 0 Å². The molecule has 2 aromatic carbocycles. The van der Waals surface area contributed by atoms with Crippen molar-refractivity contribution in [3.8, 4) is 0 Å². The minimum atomic E-state index is -1.69. The molecule has 0 bridgehead atoms. The number of carboxylic acid groups (broad SMARTS) is 1. The molecule has 4 rings (SSSR count). The summed E-state index contributed by atoms with van der Waals surface area (Å²) in [5.74, 6) is -4.09. The normalized spacial score (nSPS) is 28.2. The van der Waals surface area contributed by atoms with Crippen molar-refractivity contribution in [2.75, 3.05) is 6.61 Å². The number of aryl methyl sites for hydroxylation is 1. The minimum Gasteiger partial charge on any atom is -0.480 e. The molecule has 0 aliphatic carbocycles. The fourth-order valence-corrected chi connectivity index (χ4v) is 4.43. The number of rotatable bonds is 6. The van der Waals surface area contributed by atoms with Crippen molar-refractivity contribution in [3.63, 3.8) is 0 Å². The predicted octanol–water partition coefficient (Wildman–Crippen LogP) is 1.57. The minimum absolute atomic E-state index is 0.208. The Morgan fingerprint density at radius 3 is 2.45 bits per heavy atom. The summed E-state index contributed by atoms with van der Waals surface area (Å²) < 4.78 is 5.74. The van der Waals surface area contributed by atoms with E-state index in [0.29, 0.717) is 0 Å². The molecule has 2 aromatic rings. The number of carbonyl (C=O) groups excluding carboxylic acids is 2. The van der Waals surface area contributed by atoms with Crippen molar-refractivity contribution in [2.45, 2.75) is 25.1 Å². The third-order valence-corrected chi connectivity index (χ3v) is 5.84. The molecule has 3 N–H and O–H groups in total. The zero-order chi connectivity index (χ0) is 20.6. The number of ether oxygens (including phenoxy) is 1. The Labute approximate surface area is 168 Å². The van der Waals surface area contributed by atoms with Crippen LogP contribution < -0.4 is 10.6 Å². The van der Waals surface area contributed by atoms with E-state index in [0.717, 1.165) is 16.7 Å². The zero-order valence-electron chi connectivity index (χ0n) is 15.9. The molecule has 29 heavy (non-hydrogen) atoms. The second-order valence-corrected chi connectivity index (χ2v) is 7.59. The number of imide groups is 1. The predicted molar refractivity (Wildman–Crippen MR) is 104 cm³/mol. The van der Waals surface area contributed by atoms with Crippen LogP contribution in [0.4, 0.5) is 0 Å². The van der Waals surface area contributed by atoms with Crippen LogP contribution in [0.25, 0.3) is 0 Å². The third kappa shape index (κ3) is 3.22. The summed E-state index contributed by atoms with van der Waals surface area (Å²) in [5.41, 5.74) is 0.925. The Morgan fingerprint density at radius 1 is 1.07 bits per heavy atom. The topological polar surface area (TPSA) is 105 Å². The van der Waals surface area contributed by atoms with E-state index in [2.05, 4.69) is 10.6 Å². The maximum Gasteiger partial charge on any atom is 0.327 e. The van der Waals surface area contributed by atoms with Gasteiger partial charge in [-0.15, -0.1) is 0 Å². The van der Waals surface area contributed by atoms with Crippen LogP contribution in [0.1, 0.15) is 22.7 Å². The Hall–Kier alpha value is -3.03. The van der Waals surface area contributed by atoms with Gasteiger partial charge in [0.1, 0.15) is 0 Å². The van der Waals surface area contributed by atoms with Gasteiger partial charge in [0.15, 0.2) is 5.54 Å². The lowest BCUT2D eigenvalue weighted by Gasteiger charge is -2.29. The average molecular weight is 394 g/mol. The van der Waals surface area contributed by atoms with E-state index < -0.39 is 41.2 Å². The number of amides is 2. The first kappa shape index (κ1) is 19.3. The Kier molecular flexibility index (Phi) is 4.94. The van der Waals surface area contributed by atoms with Crippen LogP contribution in [-0.2, 0) is 25.7 Å². The van der Waals surface area contributed by atoms with Gasteiger partial charge in [-0.1, -0.05) is 54.6 Å². The summed E-state index contributed by atoms with van der Waals surface area (Å²) in [6.07, 6.45) is 0. The molecule has 2 aliphatic rings. The number of benzene rings is 2. The van der Waals surface area contributed by atoms with Crippen molar-refractivity contribution in [1.29, 1.82) is 0 Å². The van der Waals surface area contributed by atoms with Gasteiger partial charge in [-0.3, -0.25) is 25.0 Å². The monoisotopic (exact) mass is 394 g/mol. The Balaban J connectivity index is 1.67. The molecule has 0 saturated carbocycles. The molecular weight excluding hydrogens is 372 g/mol. The van der Waals surface area contributed by atoms with Crippen LogP contribution in [0, 0.1) is 18.8 Å². The first-order chi connectivity index (χ1) is 13.9. The van der Waals surface area contributed by atoms with Gasteiger partial charge in [0, 0.05) is 6.04 Å². The fourth-order valence-electron chi connectivity index (χ4n) is 4.43. The van der Waals surface area contributed by atoms with Crippen molar-refractivity contribution in [2.24, 2.45) is 11.8 Å². The Bertz CT molecular complexity index is 961. The number of hydrogen-bond acceptors (Lipinski definition) is 5. The van der Waals surface area contributed by atoms with Gasteiger partial charge >= 0.3 is 5.97 Å². The first-order valence-electron chi connectivity index (χ1n) is 9.47. The number of nitrogens with one attached hydrogen (secondary N) is 2. The van der Waals surface area contributed by atoms with Gasteiger partial charge in [-0.2, -0.15) is 0 Å².